The van der Waals surface area contributed by atoms with Gasteiger partial charge in [0.05, 0.1) is 18.0 Å². The number of nitrogens with one attached hydrogen (secondary N) is 1. The monoisotopic (exact) mass is 664 g/mol. The van der Waals surface area contributed by atoms with Gasteiger partial charge >= 0.3 is 0 Å². The second-order valence-corrected chi connectivity index (χ2v) is 13.6. The third-order valence-electron chi connectivity index (χ3n) is 7.99. The smallest absolute Gasteiger partial charge is 0.261 e. The van der Waals surface area contributed by atoms with Crippen molar-refractivity contribution < 1.29 is 18.0 Å². The van der Waals surface area contributed by atoms with E-state index in [-0.39, 0.29) is 40.5 Å². The Bertz CT molecular complexity index is 1930. The number of sulfonamides is 1. The summed E-state index contributed by atoms with van der Waals surface area (Å²) in [5, 5.41) is 11.7. The van der Waals surface area contributed by atoms with Crippen molar-refractivity contribution >= 4 is 56.7 Å². The van der Waals surface area contributed by atoms with Crippen LogP contribution in [0.3, 0.4) is 0 Å². The molecule has 6 rings (SSSR count). The number of benzene rings is 2. The van der Waals surface area contributed by atoms with Gasteiger partial charge in [-0.15, -0.1) is 0 Å². The van der Waals surface area contributed by atoms with Gasteiger partial charge in [-0.1, -0.05) is 47.5 Å². The van der Waals surface area contributed by atoms with Crippen LogP contribution < -0.4 is 10.2 Å². The molecule has 0 radical (unpaired) electrons. The number of hydrogen-bond acceptors (Lipinski definition) is 8. The molecule has 4 heterocycles. The Morgan fingerprint density at radius 3 is 2.44 bits per heavy atom. The van der Waals surface area contributed by atoms with Crippen LogP contribution in [-0.2, 0) is 31.6 Å². The first-order valence-corrected chi connectivity index (χ1v) is 16.1. The topological polar surface area (TPSA) is 154 Å². The minimum absolute atomic E-state index is 0.0714. The molecule has 1 N–H and O–H groups in total. The second-order valence-electron chi connectivity index (χ2n) is 10.9. The zero-order chi connectivity index (χ0) is 31.9. The number of imidazole rings is 1. The van der Waals surface area contributed by atoms with Gasteiger partial charge in [0.25, 0.3) is 15.9 Å². The van der Waals surface area contributed by atoms with Crippen molar-refractivity contribution in [3.8, 4) is 17.2 Å². The highest BCUT2D eigenvalue weighted by atomic mass is 35.5. The summed E-state index contributed by atoms with van der Waals surface area (Å²) in [6.07, 6.45) is 6.89. The molecule has 2 aromatic heterocycles. The molecule has 0 aliphatic carbocycles. The summed E-state index contributed by atoms with van der Waals surface area (Å²) in [6.45, 7) is 1.51. The van der Waals surface area contributed by atoms with Crippen LogP contribution in [0, 0.1) is 11.3 Å². The van der Waals surface area contributed by atoms with Gasteiger partial charge in [-0.2, -0.15) is 9.57 Å². The summed E-state index contributed by atoms with van der Waals surface area (Å²) >= 11 is 12.6. The van der Waals surface area contributed by atoms with Crippen molar-refractivity contribution in [2.45, 2.75) is 42.8 Å². The van der Waals surface area contributed by atoms with Gasteiger partial charge in [-0.3, -0.25) is 14.2 Å². The Morgan fingerprint density at radius 2 is 1.78 bits per heavy atom. The van der Waals surface area contributed by atoms with Crippen LogP contribution in [0.5, 0.6) is 0 Å². The van der Waals surface area contributed by atoms with Crippen LogP contribution in [0.1, 0.15) is 25.3 Å². The largest absolute Gasteiger partial charge is 0.342 e. The number of carbonyl (C=O) groups is 2. The highest BCUT2D eigenvalue weighted by Gasteiger charge is 2.53. The van der Waals surface area contributed by atoms with Gasteiger partial charge in [0, 0.05) is 41.0 Å². The molecule has 2 aliphatic heterocycles. The first kappa shape index (κ1) is 30.7. The molecule has 230 valence electrons. The number of nitrogens with zero attached hydrogens (tertiary/aromatic N) is 7. The summed E-state index contributed by atoms with van der Waals surface area (Å²) in [4.78, 5) is 41.1. The highest BCUT2D eigenvalue weighted by molar-refractivity contribution is 7.89. The molecule has 2 amide bonds. The molecule has 2 aromatic carbocycles. The molecule has 12 nitrogen and oxygen atoms in total. The van der Waals surface area contributed by atoms with Gasteiger partial charge < -0.3 is 5.32 Å². The summed E-state index contributed by atoms with van der Waals surface area (Å²) in [5.41, 5.74) is 1.32. The Hall–Kier alpha value is -4.35. The quantitative estimate of drug-likeness (QED) is 0.276. The molecule has 0 bridgehead atoms. The van der Waals surface area contributed by atoms with Crippen LogP contribution in [0.15, 0.2) is 72.4 Å². The van der Waals surface area contributed by atoms with E-state index >= 15 is 0 Å². The number of carbonyl (C=O) groups excluding carboxylic acids is 2. The molecular weight excluding hydrogens is 639 g/mol. The number of aromatic nitrogens is 4. The highest BCUT2D eigenvalue weighted by Crippen LogP contribution is 2.45. The van der Waals surface area contributed by atoms with Crippen LogP contribution in [0.25, 0.3) is 11.1 Å². The van der Waals surface area contributed by atoms with E-state index in [1.165, 1.54) is 28.1 Å². The fourth-order valence-corrected chi connectivity index (χ4v) is 8.29. The van der Waals surface area contributed by atoms with Crippen molar-refractivity contribution in [3.63, 3.8) is 0 Å². The van der Waals surface area contributed by atoms with Gasteiger partial charge in [0.1, 0.15) is 24.5 Å². The molecule has 15 heteroatoms. The molecule has 2 aliphatic rings. The maximum Gasteiger partial charge on any atom is 0.261 e. The lowest BCUT2D eigenvalue weighted by Gasteiger charge is -2.29. The molecule has 45 heavy (non-hydrogen) atoms. The number of rotatable bonds is 8. The Labute approximate surface area is 269 Å². The van der Waals surface area contributed by atoms with Gasteiger partial charge in [0.15, 0.2) is 5.03 Å². The standard InChI is InChI=1S/C30H26Cl2N8O4S/c1-30(14-19-4-6-20(7-5-19)21-15-34-18-35-16-21)28(42)39(24-12-22(31)11-23(32)13-24)29-37-17-26(40(29)30)45(43,44)38-10-2-3-25(38)27(41)36-9-8-33/h4-7,11-13,15-18,25H,2-3,9-10,14H2,1H3,(H,36,41). The third kappa shape index (κ3) is 5.44. The lowest BCUT2D eigenvalue weighted by atomic mass is 9.91. The van der Waals surface area contributed by atoms with Gasteiger partial charge in [0.2, 0.25) is 11.9 Å². The number of halogens is 2. The molecule has 0 spiro atoms. The predicted molar refractivity (Wildman–Crippen MR) is 166 cm³/mol. The van der Waals surface area contributed by atoms with Gasteiger partial charge in [-0.05, 0) is 49.1 Å². The van der Waals surface area contributed by atoms with Crippen LogP contribution >= 0.6 is 23.2 Å². The SMILES string of the molecule is CC1(Cc2ccc(-c3cncnc3)cc2)C(=O)N(c2cc(Cl)cc(Cl)c2)c2ncc(S(=O)(=O)N3CCCC3C(=O)NCC#N)n21. The molecule has 4 aromatic rings. The summed E-state index contributed by atoms with van der Waals surface area (Å²) in [5.74, 6) is -0.926. The minimum atomic E-state index is -4.35. The Balaban J connectivity index is 1.44. The molecule has 0 saturated carbocycles. The number of amides is 2. The fourth-order valence-electron chi connectivity index (χ4n) is 5.93. The molecule has 1 saturated heterocycles. The zero-order valence-electron chi connectivity index (χ0n) is 23.9. The molecule has 1 fully saturated rings. The first-order chi connectivity index (χ1) is 21.5. The van der Waals surface area contributed by atoms with E-state index < -0.39 is 33.4 Å². The van der Waals surface area contributed by atoms with E-state index in [1.54, 1.807) is 31.5 Å². The van der Waals surface area contributed by atoms with E-state index in [0.717, 1.165) is 21.0 Å². The number of nitriles is 1. The average molecular weight is 666 g/mol. The fraction of sp³-hybridized carbons (Fsp3) is 0.267. The Morgan fingerprint density at radius 1 is 1.09 bits per heavy atom. The van der Waals surface area contributed by atoms with Crippen molar-refractivity contribution in [3.05, 3.63) is 83.0 Å². The zero-order valence-corrected chi connectivity index (χ0v) is 26.2. The van der Waals surface area contributed by atoms with Crippen LogP contribution in [0.2, 0.25) is 10.0 Å². The lowest BCUT2D eigenvalue weighted by Crippen LogP contribution is -2.47. The first-order valence-electron chi connectivity index (χ1n) is 13.9. The van der Waals surface area contributed by atoms with Gasteiger partial charge in [-0.25, -0.2) is 28.3 Å². The average Bonchev–Trinajstić information content (AvgIpc) is 3.74. The summed E-state index contributed by atoms with van der Waals surface area (Å²) in [7, 11) is -4.35. The maximum atomic E-state index is 14.4. The van der Waals surface area contributed by atoms with E-state index in [0.29, 0.717) is 18.5 Å². The number of anilines is 2. The van der Waals surface area contributed by atoms with E-state index in [4.69, 9.17) is 28.5 Å². The van der Waals surface area contributed by atoms with Crippen molar-refractivity contribution in [1.82, 2.24) is 29.1 Å². The minimum Gasteiger partial charge on any atom is -0.342 e. The molecule has 2 unspecified atom stereocenters. The van der Waals surface area contributed by atoms with Crippen LogP contribution in [0.4, 0.5) is 11.6 Å². The van der Waals surface area contributed by atoms with Crippen molar-refractivity contribution in [2.24, 2.45) is 0 Å². The summed E-state index contributed by atoms with van der Waals surface area (Å²) < 4.78 is 31.1. The normalized spacial score (nSPS) is 19.8. The van der Waals surface area contributed by atoms with E-state index in [9.17, 15) is 18.0 Å². The summed E-state index contributed by atoms with van der Waals surface area (Å²) in [6, 6.07) is 12.9. The molecule has 2 atom stereocenters. The molecular formula is C30H26Cl2N8O4S. The predicted octanol–water partition coefficient (Wildman–Crippen LogP) is 4.08. The number of hydrogen-bond donors (Lipinski definition) is 1. The Kier molecular flexibility index (Phi) is 8.09. The second kappa shape index (κ2) is 11.9. The lowest BCUT2D eigenvalue weighted by molar-refractivity contribution is -0.124. The third-order valence-corrected chi connectivity index (χ3v) is 10.3. The van der Waals surface area contributed by atoms with E-state index in [1.807, 2.05) is 30.3 Å². The van der Waals surface area contributed by atoms with Crippen molar-refractivity contribution in [2.75, 3.05) is 18.0 Å². The van der Waals surface area contributed by atoms with E-state index in [2.05, 4.69) is 20.3 Å². The van der Waals surface area contributed by atoms with Crippen molar-refractivity contribution in [1.29, 1.82) is 5.26 Å². The maximum absolute atomic E-state index is 14.4. The number of fused-ring (bicyclic) bond motifs is 1. The van der Waals surface area contributed by atoms with Crippen LogP contribution in [-0.4, -0.2) is 63.2 Å².